The van der Waals surface area contributed by atoms with Gasteiger partial charge in [0, 0.05) is 0 Å². The SMILES string of the molecule is FC(F)(F)C(F)(F)C(F)(F)C(F)(F)C(F)(F)C(F)(I)I. The van der Waals surface area contributed by atoms with Crippen LogP contribution in [0.5, 0.6) is 0 Å². The molecule has 0 aliphatic carbocycles. The second kappa shape index (κ2) is 5.07. The van der Waals surface area contributed by atoms with E-state index in [-0.39, 0.29) is 45.2 Å². The van der Waals surface area contributed by atoms with Crippen LogP contribution in [0.15, 0.2) is 0 Å². The van der Waals surface area contributed by atoms with Gasteiger partial charge in [0.05, 0.1) is 0 Å². The molecule has 0 aliphatic rings. The quantitative estimate of drug-likeness (QED) is 0.242. The first-order valence-corrected chi connectivity index (χ1v) is 6.05. The maximum Gasteiger partial charge on any atom is 0.460 e. The van der Waals surface area contributed by atoms with Crippen LogP contribution in [0.1, 0.15) is 0 Å². The van der Waals surface area contributed by atoms with Crippen molar-refractivity contribution in [1.29, 1.82) is 0 Å². The summed E-state index contributed by atoms with van der Waals surface area (Å²) in [5.74, 6) is -28.9. The molecule has 0 aromatic rings. The smallest absolute Gasteiger partial charge is 0.214 e. The molecule has 0 aromatic heterocycles. The summed E-state index contributed by atoms with van der Waals surface area (Å²) in [7, 11) is 0. The zero-order valence-electron chi connectivity index (χ0n) is 8.29. The largest absolute Gasteiger partial charge is 0.460 e. The molecule has 0 atom stereocenters. The zero-order chi connectivity index (χ0) is 17.0. The highest BCUT2D eigenvalue weighted by atomic mass is 127. The summed E-state index contributed by atoms with van der Waals surface area (Å²) in [6, 6.07) is 0. The summed E-state index contributed by atoms with van der Waals surface area (Å²) in [6.07, 6.45) is -7.24. The van der Waals surface area contributed by atoms with Gasteiger partial charge >= 0.3 is 29.9 Å². The molecule has 0 saturated heterocycles. The molecule has 0 spiro atoms. The average Bonchev–Trinajstić information content (AvgIpc) is 2.12. The Kier molecular flexibility index (Phi) is 5.23. The van der Waals surface area contributed by atoms with E-state index in [1.54, 1.807) is 0 Å². The molecule has 0 nitrogen and oxygen atoms in total. The fourth-order valence-corrected chi connectivity index (χ4v) is 1.43. The maximum absolute atomic E-state index is 12.8. The van der Waals surface area contributed by atoms with Crippen molar-refractivity contribution in [3.63, 3.8) is 0 Å². The number of rotatable bonds is 4. The minimum Gasteiger partial charge on any atom is -0.214 e. The Labute approximate surface area is 129 Å². The topological polar surface area (TPSA) is 0 Å². The van der Waals surface area contributed by atoms with Crippen molar-refractivity contribution in [1.82, 2.24) is 0 Å². The van der Waals surface area contributed by atoms with Crippen molar-refractivity contribution in [3.8, 4) is 0 Å². The molecular weight excluding hydrogens is 554 g/mol. The van der Waals surface area contributed by atoms with Crippen LogP contribution in [0.3, 0.4) is 0 Å². The van der Waals surface area contributed by atoms with Crippen LogP contribution in [0.25, 0.3) is 0 Å². The van der Waals surface area contributed by atoms with Crippen molar-refractivity contribution >= 4 is 45.2 Å². The van der Waals surface area contributed by atoms with E-state index < -0.39 is 31.5 Å². The first kappa shape index (κ1) is 20.6. The maximum atomic E-state index is 12.8. The summed E-state index contributed by atoms with van der Waals surface area (Å²) < 4.78 is 144. The van der Waals surface area contributed by atoms with Crippen LogP contribution in [0, 0.1) is 0 Å². The first-order valence-electron chi connectivity index (χ1n) is 3.90. The lowest BCUT2D eigenvalue weighted by atomic mass is 9.99. The van der Waals surface area contributed by atoms with Gasteiger partial charge in [-0.25, -0.2) is 4.39 Å². The second-order valence-corrected chi connectivity index (χ2v) is 8.33. The molecule has 0 N–H and O–H groups in total. The standard InChI is InChI=1S/C6F12I2/c7-1(8,3(11,12)5(15,16)17)2(9,10)4(13,14)6(18,19)20. The first-order chi connectivity index (χ1) is 8.25. The van der Waals surface area contributed by atoms with Crippen LogP contribution < -0.4 is 0 Å². The Hall–Kier alpha value is 0.620. The second-order valence-electron chi connectivity index (χ2n) is 3.29. The fraction of sp³-hybridized carbons (Fsp3) is 1.00. The highest BCUT2D eigenvalue weighted by Crippen LogP contribution is 2.62. The highest BCUT2D eigenvalue weighted by Gasteiger charge is 2.89. The van der Waals surface area contributed by atoms with Gasteiger partial charge in [0.1, 0.15) is 0 Å². The third-order valence-electron chi connectivity index (χ3n) is 1.90. The molecule has 0 radical (unpaired) electrons. The van der Waals surface area contributed by atoms with Crippen molar-refractivity contribution in [2.75, 3.05) is 0 Å². The highest BCUT2D eigenvalue weighted by molar-refractivity contribution is 14.2. The monoisotopic (exact) mass is 554 g/mol. The predicted octanol–water partition coefficient (Wildman–Crippen LogP) is 5.58. The molecule has 0 aliphatic heterocycles. The molecule has 14 heteroatoms. The summed E-state index contributed by atoms with van der Waals surface area (Å²) in [4.78, 5) is 0. The van der Waals surface area contributed by atoms with E-state index in [1.807, 2.05) is 0 Å². The molecular formula is C6F12I2. The Morgan fingerprint density at radius 1 is 0.400 bits per heavy atom. The number of hydrogen-bond acceptors (Lipinski definition) is 0. The van der Waals surface area contributed by atoms with E-state index in [9.17, 15) is 52.7 Å². The normalized spacial score (nSPS) is 16.5. The Morgan fingerprint density at radius 2 is 0.650 bits per heavy atom. The zero-order valence-corrected chi connectivity index (χ0v) is 12.6. The fourth-order valence-electron chi connectivity index (χ4n) is 0.750. The lowest BCUT2D eigenvalue weighted by Crippen LogP contribution is -2.68. The van der Waals surface area contributed by atoms with Gasteiger partial charge in [-0.3, -0.25) is 0 Å². The van der Waals surface area contributed by atoms with E-state index in [4.69, 9.17) is 0 Å². The Bertz CT molecular complexity index is 327. The van der Waals surface area contributed by atoms with Crippen molar-refractivity contribution in [2.45, 2.75) is 31.5 Å². The van der Waals surface area contributed by atoms with Crippen LogP contribution in [-0.2, 0) is 0 Å². The van der Waals surface area contributed by atoms with E-state index in [1.165, 1.54) is 0 Å². The minimum absolute atomic E-state index is 0.136. The van der Waals surface area contributed by atoms with Crippen molar-refractivity contribution < 1.29 is 52.7 Å². The Balaban J connectivity index is 6.08. The number of alkyl halides is 14. The van der Waals surface area contributed by atoms with E-state index >= 15 is 0 Å². The van der Waals surface area contributed by atoms with Gasteiger partial charge in [0.15, 0.2) is 0 Å². The molecule has 0 fully saturated rings. The number of halogens is 14. The van der Waals surface area contributed by atoms with Crippen LogP contribution in [-0.4, -0.2) is 31.5 Å². The summed E-state index contributed by atoms with van der Waals surface area (Å²) >= 11 is -0.272. The predicted molar refractivity (Wildman–Crippen MR) is 57.7 cm³/mol. The molecule has 122 valence electrons. The van der Waals surface area contributed by atoms with Gasteiger partial charge in [-0.1, -0.05) is 0 Å². The van der Waals surface area contributed by atoms with Gasteiger partial charge in [-0.05, 0) is 45.2 Å². The third kappa shape index (κ3) is 2.78. The van der Waals surface area contributed by atoms with Gasteiger partial charge in [-0.2, -0.15) is 48.3 Å². The molecule has 20 heavy (non-hydrogen) atoms. The molecule has 0 aromatic carbocycles. The molecule has 0 unspecified atom stereocenters. The Morgan fingerprint density at radius 3 is 0.850 bits per heavy atom. The van der Waals surface area contributed by atoms with Gasteiger partial charge in [0.2, 0.25) is 0 Å². The molecule has 0 saturated carbocycles. The third-order valence-corrected chi connectivity index (χ3v) is 3.25. The lowest BCUT2D eigenvalue weighted by molar-refractivity contribution is -0.424. The molecule has 0 bridgehead atoms. The van der Waals surface area contributed by atoms with Crippen LogP contribution >= 0.6 is 45.2 Å². The van der Waals surface area contributed by atoms with Gasteiger partial charge in [0.25, 0.3) is 1.68 Å². The molecule has 0 rings (SSSR count). The summed E-state index contributed by atoms with van der Waals surface area (Å²) in [5.41, 5.74) is 0. The van der Waals surface area contributed by atoms with E-state index in [0.29, 0.717) is 0 Å². The van der Waals surface area contributed by atoms with Crippen LogP contribution in [0.4, 0.5) is 52.7 Å². The lowest BCUT2D eigenvalue weighted by Gasteiger charge is -2.39. The summed E-state index contributed by atoms with van der Waals surface area (Å²) in [5, 5.41) is 0. The summed E-state index contributed by atoms with van der Waals surface area (Å²) in [6.45, 7) is 0. The van der Waals surface area contributed by atoms with Gasteiger partial charge in [-0.15, -0.1) is 0 Å². The van der Waals surface area contributed by atoms with Crippen molar-refractivity contribution in [2.24, 2.45) is 0 Å². The molecule has 0 amide bonds. The van der Waals surface area contributed by atoms with Crippen LogP contribution in [0.2, 0.25) is 0 Å². The number of hydrogen-bond donors (Lipinski definition) is 0. The molecule has 0 heterocycles. The van der Waals surface area contributed by atoms with Gasteiger partial charge < -0.3 is 0 Å². The van der Waals surface area contributed by atoms with E-state index in [0.717, 1.165) is 0 Å². The minimum atomic E-state index is -7.57. The van der Waals surface area contributed by atoms with Crippen molar-refractivity contribution in [3.05, 3.63) is 0 Å². The average molecular weight is 554 g/mol. The van der Waals surface area contributed by atoms with E-state index in [2.05, 4.69) is 0 Å².